The van der Waals surface area contributed by atoms with Gasteiger partial charge in [-0.1, -0.05) is 0 Å². The highest BCUT2D eigenvalue weighted by atomic mass is 32.2. The van der Waals surface area contributed by atoms with Crippen LogP contribution in [0.4, 0.5) is 0 Å². The fourth-order valence-corrected chi connectivity index (χ4v) is 4.45. The summed E-state index contributed by atoms with van der Waals surface area (Å²) in [6.07, 6.45) is 4.06. The van der Waals surface area contributed by atoms with Gasteiger partial charge in [-0.25, -0.2) is 17.9 Å². The predicted octanol–water partition coefficient (Wildman–Crippen LogP) is 1.58. The number of fused-ring (bicyclic) bond motifs is 1. The van der Waals surface area contributed by atoms with Crippen LogP contribution in [-0.4, -0.2) is 23.1 Å². The molecule has 2 fully saturated rings. The van der Waals surface area contributed by atoms with Crippen molar-refractivity contribution in [1.29, 1.82) is 0 Å². The van der Waals surface area contributed by atoms with E-state index in [0.29, 0.717) is 11.4 Å². The van der Waals surface area contributed by atoms with E-state index in [1.54, 1.807) is 29.8 Å². The Balaban J connectivity index is 1.79. The van der Waals surface area contributed by atoms with Gasteiger partial charge in [-0.2, -0.15) is 0 Å². The first-order chi connectivity index (χ1) is 10.8. The van der Waals surface area contributed by atoms with Crippen LogP contribution in [0, 0.1) is 5.92 Å². The summed E-state index contributed by atoms with van der Waals surface area (Å²) in [5.74, 6) is 0.582. The molecular formula is C16H21N3O3S. The number of rotatable bonds is 5. The highest BCUT2D eigenvalue weighted by Gasteiger charge is 2.41. The van der Waals surface area contributed by atoms with Crippen molar-refractivity contribution >= 4 is 21.1 Å². The van der Waals surface area contributed by atoms with Gasteiger partial charge in [0.2, 0.25) is 10.0 Å². The van der Waals surface area contributed by atoms with Crippen molar-refractivity contribution in [3.8, 4) is 0 Å². The third kappa shape index (κ3) is 2.61. The van der Waals surface area contributed by atoms with Crippen molar-refractivity contribution in [1.82, 2.24) is 13.9 Å². The summed E-state index contributed by atoms with van der Waals surface area (Å²) in [5, 5.41) is 0. The van der Waals surface area contributed by atoms with Gasteiger partial charge in [0.25, 0.3) is 0 Å². The van der Waals surface area contributed by atoms with Gasteiger partial charge >= 0.3 is 5.69 Å². The molecular weight excluding hydrogens is 314 g/mol. The molecule has 1 N–H and O–H groups in total. The lowest BCUT2D eigenvalue weighted by Gasteiger charge is -2.12. The molecule has 1 aromatic heterocycles. The van der Waals surface area contributed by atoms with Gasteiger partial charge in [0.05, 0.1) is 15.9 Å². The van der Waals surface area contributed by atoms with Crippen LogP contribution in [0.1, 0.15) is 32.6 Å². The average Bonchev–Trinajstić information content (AvgIpc) is 3.40. The van der Waals surface area contributed by atoms with Crippen LogP contribution in [0.2, 0.25) is 0 Å². The molecule has 2 aliphatic rings. The molecule has 2 saturated carbocycles. The van der Waals surface area contributed by atoms with Crippen molar-refractivity contribution in [3.05, 3.63) is 28.7 Å². The van der Waals surface area contributed by atoms with Gasteiger partial charge in [0, 0.05) is 19.1 Å². The molecule has 4 rings (SSSR count). The molecule has 0 aliphatic heterocycles. The standard InChI is InChI=1S/C16H21N3O3S/c1-16(7-8-16)17-23(21,22)12-5-6-13-14(9-12)18(2)15(20)19(13)10-11-3-4-11/h5-6,9,11,17H,3-4,7-8,10H2,1-2H3. The van der Waals surface area contributed by atoms with Gasteiger partial charge in [-0.3, -0.25) is 9.13 Å². The Morgan fingerprint density at radius 1 is 1.26 bits per heavy atom. The molecule has 0 spiro atoms. The van der Waals surface area contributed by atoms with Crippen molar-refractivity contribution in [3.63, 3.8) is 0 Å². The maximum absolute atomic E-state index is 12.5. The third-order valence-corrected chi connectivity index (χ3v) is 6.58. The first-order valence-corrected chi connectivity index (χ1v) is 9.51. The fraction of sp³-hybridized carbons (Fsp3) is 0.562. The van der Waals surface area contributed by atoms with E-state index in [4.69, 9.17) is 0 Å². The van der Waals surface area contributed by atoms with Crippen molar-refractivity contribution in [2.45, 2.75) is 49.6 Å². The largest absolute Gasteiger partial charge is 0.328 e. The summed E-state index contributed by atoms with van der Waals surface area (Å²) < 4.78 is 31.1. The molecule has 1 heterocycles. The smallest absolute Gasteiger partial charge is 0.295 e. The zero-order valence-electron chi connectivity index (χ0n) is 13.4. The number of aromatic nitrogens is 2. The Hall–Kier alpha value is -1.60. The van der Waals surface area contributed by atoms with E-state index in [1.807, 2.05) is 6.92 Å². The summed E-state index contributed by atoms with van der Waals surface area (Å²) >= 11 is 0. The Kier molecular flexibility index (Phi) is 3.06. The molecule has 1 aromatic carbocycles. The predicted molar refractivity (Wildman–Crippen MR) is 87.9 cm³/mol. The maximum atomic E-state index is 12.5. The second-order valence-corrected chi connectivity index (χ2v) is 8.89. The Labute approximate surface area is 135 Å². The topological polar surface area (TPSA) is 73.1 Å². The highest BCUT2D eigenvalue weighted by molar-refractivity contribution is 7.89. The van der Waals surface area contributed by atoms with Gasteiger partial charge in [0.1, 0.15) is 0 Å². The van der Waals surface area contributed by atoms with Crippen LogP contribution >= 0.6 is 0 Å². The lowest BCUT2D eigenvalue weighted by atomic mass is 10.3. The Morgan fingerprint density at radius 3 is 2.57 bits per heavy atom. The zero-order valence-corrected chi connectivity index (χ0v) is 14.2. The van der Waals surface area contributed by atoms with E-state index in [9.17, 15) is 13.2 Å². The molecule has 0 bridgehead atoms. The van der Waals surface area contributed by atoms with Crippen molar-refractivity contribution < 1.29 is 8.42 Å². The summed E-state index contributed by atoms with van der Waals surface area (Å²) in [7, 11) is -1.86. The normalized spacial score (nSPS) is 20.1. The van der Waals surface area contributed by atoms with Crippen LogP contribution < -0.4 is 10.4 Å². The molecule has 0 atom stereocenters. The maximum Gasteiger partial charge on any atom is 0.328 e. The number of hydrogen-bond donors (Lipinski definition) is 1. The van der Waals surface area contributed by atoms with E-state index in [0.717, 1.165) is 37.7 Å². The van der Waals surface area contributed by atoms with Gasteiger partial charge in [-0.15, -0.1) is 0 Å². The lowest BCUT2D eigenvalue weighted by Crippen LogP contribution is -2.34. The molecule has 124 valence electrons. The van der Waals surface area contributed by atoms with Crippen LogP contribution in [0.5, 0.6) is 0 Å². The number of aryl methyl sites for hydroxylation is 1. The Morgan fingerprint density at radius 2 is 1.96 bits per heavy atom. The SMILES string of the molecule is Cn1c(=O)n(CC2CC2)c2ccc(S(=O)(=O)NC3(C)CC3)cc21. The summed E-state index contributed by atoms with van der Waals surface area (Å²) in [6, 6.07) is 4.95. The Bertz CT molecular complexity index is 947. The minimum Gasteiger partial charge on any atom is -0.295 e. The van der Waals surface area contributed by atoms with Crippen LogP contribution in [0.25, 0.3) is 11.0 Å². The summed E-state index contributed by atoms with van der Waals surface area (Å²) in [4.78, 5) is 12.6. The van der Waals surface area contributed by atoms with E-state index in [-0.39, 0.29) is 16.1 Å². The number of benzene rings is 1. The number of nitrogens with zero attached hydrogens (tertiary/aromatic N) is 2. The number of imidazole rings is 1. The molecule has 6 nitrogen and oxygen atoms in total. The van der Waals surface area contributed by atoms with Crippen LogP contribution in [0.15, 0.2) is 27.9 Å². The molecule has 0 amide bonds. The zero-order chi connectivity index (χ0) is 16.4. The first-order valence-electron chi connectivity index (χ1n) is 8.02. The minimum absolute atomic E-state index is 0.0800. The lowest BCUT2D eigenvalue weighted by molar-refractivity contribution is 0.558. The third-order valence-electron chi connectivity index (χ3n) is 4.95. The number of hydrogen-bond acceptors (Lipinski definition) is 3. The van der Waals surface area contributed by atoms with Crippen LogP contribution in [0.3, 0.4) is 0 Å². The average molecular weight is 335 g/mol. The molecule has 0 saturated heterocycles. The molecule has 23 heavy (non-hydrogen) atoms. The van der Waals surface area contributed by atoms with Crippen molar-refractivity contribution in [2.24, 2.45) is 13.0 Å². The number of sulfonamides is 1. The number of nitrogens with one attached hydrogen (secondary N) is 1. The molecule has 7 heteroatoms. The first kappa shape index (κ1) is 15.0. The second-order valence-electron chi connectivity index (χ2n) is 7.21. The molecule has 2 aliphatic carbocycles. The van der Waals surface area contributed by atoms with Crippen molar-refractivity contribution in [2.75, 3.05) is 0 Å². The summed E-state index contributed by atoms with van der Waals surface area (Å²) in [5.41, 5.74) is 1.08. The molecule has 0 radical (unpaired) electrons. The molecule has 0 unspecified atom stereocenters. The van der Waals surface area contributed by atoms with Gasteiger partial charge in [0.15, 0.2) is 0 Å². The van der Waals surface area contributed by atoms with Gasteiger partial charge < -0.3 is 0 Å². The molecule has 2 aromatic rings. The fourth-order valence-electron chi connectivity index (χ4n) is 2.96. The minimum atomic E-state index is -3.55. The van der Waals surface area contributed by atoms with Gasteiger partial charge in [-0.05, 0) is 56.7 Å². The van der Waals surface area contributed by atoms with E-state index < -0.39 is 10.0 Å². The monoisotopic (exact) mass is 335 g/mol. The highest BCUT2D eigenvalue weighted by Crippen LogP contribution is 2.36. The van der Waals surface area contributed by atoms with E-state index >= 15 is 0 Å². The van der Waals surface area contributed by atoms with E-state index in [1.165, 1.54) is 4.57 Å². The summed E-state index contributed by atoms with van der Waals surface area (Å²) in [6.45, 7) is 2.63. The second kappa shape index (κ2) is 4.70. The van der Waals surface area contributed by atoms with E-state index in [2.05, 4.69) is 4.72 Å². The van der Waals surface area contributed by atoms with Crippen LogP contribution in [-0.2, 0) is 23.6 Å². The quantitative estimate of drug-likeness (QED) is 0.901.